The number of benzene rings is 1. The van der Waals surface area contributed by atoms with E-state index in [0.29, 0.717) is 5.92 Å². The van der Waals surface area contributed by atoms with Crippen molar-refractivity contribution in [2.24, 2.45) is 23.5 Å². The first-order valence-corrected chi connectivity index (χ1v) is 7.76. The van der Waals surface area contributed by atoms with Crippen molar-refractivity contribution >= 4 is 0 Å². The van der Waals surface area contributed by atoms with Crippen LogP contribution in [0.3, 0.4) is 0 Å². The number of ether oxygens (including phenoxy) is 1. The van der Waals surface area contributed by atoms with Gasteiger partial charge in [-0.15, -0.1) is 0 Å². The highest BCUT2D eigenvalue weighted by atomic mass is 16.5. The van der Waals surface area contributed by atoms with E-state index in [1.807, 2.05) is 0 Å². The molecule has 0 heterocycles. The Hall–Kier alpha value is -1.02. The van der Waals surface area contributed by atoms with E-state index < -0.39 is 0 Å². The van der Waals surface area contributed by atoms with Crippen LogP contribution in [0.5, 0.6) is 5.75 Å². The molecule has 0 aromatic heterocycles. The summed E-state index contributed by atoms with van der Waals surface area (Å²) in [5.74, 6) is 3.52. The van der Waals surface area contributed by atoms with Crippen LogP contribution < -0.4 is 10.5 Å². The lowest BCUT2D eigenvalue weighted by Gasteiger charge is -2.28. The fourth-order valence-electron chi connectivity index (χ4n) is 3.99. The van der Waals surface area contributed by atoms with Gasteiger partial charge in [0.25, 0.3) is 0 Å². The van der Waals surface area contributed by atoms with Crippen molar-refractivity contribution in [3.05, 3.63) is 29.8 Å². The van der Waals surface area contributed by atoms with Crippen molar-refractivity contribution in [2.45, 2.75) is 45.1 Å². The van der Waals surface area contributed by atoms with E-state index in [9.17, 15) is 0 Å². The van der Waals surface area contributed by atoms with Crippen molar-refractivity contribution in [1.82, 2.24) is 0 Å². The molecule has 2 aliphatic carbocycles. The van der Waals surface area contributed by atoms with Gasteiger partial charge in [-0.05, 0) is 61.1 Å². The number of hydrogen-bond acceptors (Lipinski definition) is 2. The van der Waals surface area contributed by atoms with Gasteiger partial charge < -0.3 is 10.5 Å². The predicted molar refractivity (Wildman–Crippen MR) is 78.1 cm³/mol. The van der Waals surface area contributed by atoms with Gasteiger partial charge in [-0.2, -0.15) is 0 Å². The third kappa shape index (κ3) is 2.64. The fourth-order valence-corrected chi connectivity index (χ4v) is 3.99. The summed E-state index contributed by atoms with van der Waals surface area (Å²) in [5, 5.41) is 0. The van der Waals surface area contributed by atoms with Crippen LogP contribution in [-0.2, 0) is 0 Å². The minimum atomic E-state index is 0.218. The quantitative estimate of drug-likeness (QED) is 0.870. The van der Waals surface area contributed by atoms with Crippen molar-refractivity contribution in [1.29, 1.82) is 0 Å². The van der Waals surface area contributed by atoms with Gasteiger partial charge in [0.2, 0.25) is 0 Å². The van der Waals surface area contributed by atoms with Crippen LogP contribution in [0, 0.1) is 17.8 Å². The minimum Gasteiger partial charge on any atom is -0.494 e. The standard InChI is InChI=1S/C17H25NO/c1-2-9-19-15-7-5-13(6-8-15)17(18)16-11-12-3-4-14(16)10-12/h5-8,12,14,16-17H,2-4,9-11,18H2,1H3. The van der Waals surface area contributed by atoms with E-state index in [0.717, 1.165) is 30.6 Å². The molecule has 4 unspecified atom stereocenters. The molecule has 0 spiro atoms. The molecule has 0 amide bonds. The second-order valence-electron chi connectivity index (χ2n) is 6.28. The second kappa shape index (κ2) is 5.54. The average molecular weight is 259 g/mol. The van der Waals surface area contributed by atoms with Crippen LogP contribution in [0.15, 0.2) is 24.3 Å². The Morgan fingerprint density at radius 2 is 2.00 bits per heavy atom. The van der Waals surface area contributed by atoms with Gasteiger partial charge in [0.15, 0.2) is 0 Å². The molecule has 2 bridgehead atoms. The molecule has 2 heteroatoms. The van der Waals surface area contributed by atoms with Gasteiger partial charge in [-0.3, -0.25) is 0 Å². The van der Waals surface area contributed by atoms with Crippen LogP contribution in [0.1, 0.15) is 50.6 Å². The number of rotatable bonds is 5. The Morgan fingerprint density at radius 3 is 2.58 bits per heavy atom. The zero-order valence-electron chi connectivity index (χ0n) is 11.8. The van der Waals surface area contributed by atoms with Gasteiger partial charge in [-0.1, -0.05) is 25.5 Å². The molecule has 0 saturated heterocycles. The summed E-state index contributed by atoms with van der Waals surface area (Å²) in [5.41, 5.74) is 7.78. The van der Waals surface area contributed by atoms with Gasteiger partial charge in [-0.25, -0.2) is 0 Å². The van der Waals surface area contributed by atoms with Crippen LogP contribution >= 0.6 is 0 Å². The molecule has 104 valence electrons. The maximum atomic E-state index is 6.50. The van der Waals surface area contributed by atoms with Gasteiger partial charge in [0, 0.05) is 6.04 Å². The van der Waals surface area contributed by atoms with Crippen molar-refractivity contribution in [2.75, 3.05) is 6.61 Å². The summed E-state index contributed by atoms with van der Waals surface area (Å²) in [6, 6.07) is 8.66. The third-order valence-electron chi connectivity index (χ3n) is 4.99. The Kier molecular flexibility index (Phi) is 3.79. The van der Waals surface area contributed by atoms with E-state index in [4.69, 9.17) is 10.5 Å². The fraction of sp³-hybridized carbons (Fsp3) is 0.647. The maximum Gasteiger partial charge on any atom is 0.119 e. The molecule has 1 aromatic rings. The smallest absolute Gasteiger partial charge is 0.119 e. The zero-order valence-corrected chi connectivity index (χ0v) is 11.8. The van der Waals surface area contributed by atoms with Crippen LogP contribution in [-0.4, -0.2) is 6.61 Å². The Bertz CT molecular complexity index is 414. The SMILES string of the molecule is CCCOc1ccc(C(N)C2CC3CCC2C3)cc1. The maximum absolute atomic E-state index is 6.50. The van der Waals surface area contributed by atoms with Crippen molar-refractivity contribution in [3.63, 3.8) is 0 Å². The second-order valence-corrected chi connectivity index (χ2v) is 6.28. The molecule has 2 nitrogen and oxygen atoms in total. The first-order valence-electron chi connectivity index (χ1n) is 7.76. The highest BCUT2D eigenvalue weighted by Gasteiger charge is 2.42. The Morgan fingerprint density at radius 1 is 1.21 bits per heavy atom. The topological polar surface area (TPSA) is 35.2 Å². The third-order valence-corrected chi connectivity index (χ3v) is 4.99. The molecule has 3 rings (SSSR count). The number of nitrogens with two attached hydrogens (primary N) is 1. The summed E-state index contributed by atoms with van der Waals surface area (Å²) in [6.45, 7) is 2.91. The van der Waals surface area contributed by atoms with E-state index in [1.54, 1.807) is 0 Å². The largest absolute Gasteiger partial charge is 0.494 e. The van der Waals surface area contributed by atoms with E-state index >= 15 is 0 Å². The molecule has 2 N–H and O–H groups in total. The molecule has 4 atom stereocenters. The monoisotopic (exact) mass is 259 g/mol. The average Bonchev–Trinajstić information content (AvgIpc) is 3.07. The van der Waals surface area contributed by atoms with E-state index in [2.05, 4.69) is 31.2 Å². The highest BCUT2D eigenvalue weighted by molar-refractivity contribution is 5.29. The summed E-state index contributed by atoms with van der Waals surface area (Å²) in [7, 11) is 0. The normalized spacial score (nSPS) is 30.5. The zero-order chi connectivity index (χ0) is 13.2. The van der Waals surface area contributed by atoms with Gasteiger partial charge in [0.05, 0.1) is 6.61 Å². The van der Waals surface area contributed by atoms with Gasteiger partial charge in [0.1, 0.15) is 5.75 Å². The molecule has 19 heavy (non-hydrogen) atoms. The van der Waals surface area contributed by atoms with E-state index in [1.165, 1.54) is 31.2 Å². The molecular formula is C17H25NO. The lowest BCUT2D eigenvalue weighted by Crippen LogP contribution is -2.25. The lowest BCUT2D eigenvalue weighted by atomic mass is 9.81. The highest BCUT2D eigenvalue weighted by Crippen LogP contribution is 2.51. The Balaban J connectivity index is 1.65. The molecular weight excluding hydrogens is 234 g/mol. The molecule has 2 aliphatic rings. The van der Waals surface area contributed by atoms with E-state index in [-0.39, 0.29) is 6.04 Å². The molecule has 0 radical (unpaired) electrons. The summed E-state index contributed by atoms with van der Waals surface area (Å²) in [6.07, 6.45) is 6.67. The molecule has 2 saturated carbocycles. The number of fused-ring (bicyclic) bond motifs is 2. The van der Waals surface area contributed by atoms with Crippen LogP contribution in [0.25, 0.3) is 0 Å². The van der Waals surface area contributed by atoms with Crippen molar-refractivity contribution < 1.29 is 4.74 Å². The summed E-state index contributed by atoms with van der Waals surface area (Å²) >= 11 is 0. The summed E-state index contributed by atoms with van der Waals surface area (Å²) < 4.78 is 5.62. The first-order chi connectivity index (χ1) is 9.28. The molecule has 0 aliphatic heterocycles. The Labute approximate surface area is 116 Å². The molecule has 2 fully saturated rings. The van der Waals surface area contributed by atoms with Crippen molar-refractivity contribution in [3.8, 4) is 5.75 Å². The van der Waals surface area contributed by atoms with Crippen LogP contribution in [0.2, 0.25) is 0 Å². The van der Waals surface area contributed by atoms with Gasteiger partial charge >= 0.3 is 0 Å². The minimum absolute atomic E-state index is 0.218. The summed E-state index contributed by atoms with van der Waals surface area (Å²) in [4.78, 5) is 0. The predicted octanol–water partition coefficient (Wildman–Crippen LogP) is 3.91. The van der Waals surface area contributed by atoms with Crippen LogP contribution in [0.4, 0.5) is 0 Å². The number of hydrogen-bond donors (Lipinski definition) is 1. The first kappa shape index (κ1) is 13.0. The molecule has 1 aromatic carbocycles. The lowest BCUT2D eigenvalue weighted by molar-refractivity contribution is 0.284.